The van der Waals surface area contributed by atoms with Crippen molar-refractivity contribution in [3.8, 4) is 0 Å². The van der Waals surface area contributed by atoms with E-state index in [0.29, 0.717) is 36.5 Å². The largest absolute Gasteiger partial charge is 0.467 e. The van der Waals surface area contributed by atoms with Crippen molar-refractivity contribution in [3.05, 3.63) is 89.4 Å². The number of pyridine rings is 1. The van der Waals surface area contributed by atoms with E-state index in [1.165, 1.54) is 24.3 Å². The molecule has 1 N–H and O–H groups in total. The van der Waals surface area contributed by atoms with Crippen LogP contribution >= 0.6 is 0 Å². The van der Waals surface area contributed by atoms with Crippen LogP contribution in [0, 0.1) is 5.82 Å². The molecular weight excluding hydrogens is 423 g/mol. The molecule has 1 saturated heterocycles. The third-order valence-electron chi connectivity index (χ3n) is 5.75. The Kier molecular flexibility index (Phi) is 7.47. The van der Waals surface area contributed by atoms with Gasteiger partial charge in [0, 0.05) is 44.1 Å². The van der Waals surface area contributed by atoms with Gasteiger partial charge in [0.05, 0.1) is 18.4 Å². The number of aryl methyl sites for hydroxylation is 1. The van der Waals surface area contributed by atoms with Gasteiger partial charge in [-0.05, 0) is 67.4 Å². The number of amides is 2. The molecule has 0 saturated carbocycles. The van der Waals surface area contributed by atoms with Crippen LogP contribution in [0.2, 0.25) is 0 Å². The van der Waals surface area contributed by atoms with E-state index in [9.17, 15) is 14.0 Å². The molecule has 1 aliphatic rings. The minimum absolute atomic E-state index is 0.0529. The summed E-state index contributed by atoms with van der Waals surface area (Å²) >= 11 is 0. The lowest BCUT2D eigenvalue weighted by molar-refractivity contribution is 0.0636. The standard InChI is InChI=1S/C25H27FN4O3/c26-22-7-5-20(6-8-22)25(32)30-12-10-29(11-13-30)9-1-3-19-15-21(17-27-16-19)24(31)28-18-23-4-2-14-33-23/h2,4-8,14-17H,1,3,9-13,18H2,(H,28,31). The van der Waals surface area contributed by atoms with Crippen LogP contribution in [0.3, 0.4) is 0 Å². The second kappa shape index (κ2) is 10.9. The maximum atomic E-state index is 13.1. The first kappa shape index (κ1) is 22.7. The number of aromatic nitrogens is 1. The van der Waals surface area contributed by atoms with E-state index < -0.39 is 0 Å². The molecule has 4 rings (SSSR count). The van der Waals surface area contributed by atoms with Gasteiger partial charge in [0.25, 0.3) is 11.8 Å². The Morgan fingerprint density at radius 2 is 1.82 bits per heavy atom. The number of halogens is 1. The number of rotatable bonds is 8. The lowest BCUT2D eigenvalue weighted by Gasteiger charge is -2.34. The van der Waals surface area contributed by atoms with Gasteiger partial charge < -0.3 is 14.6 Å². The highest BCUT2D eigenvalue weighted by molar-refractivity contribution is 5.94. The second-order valence-corrected chi connectivity index (χ2v) is 8.09. The zero-order chi connectivity index (χ0) is 23.0. The lowest BCUT2D eigenvalue weighted by Crippen LogP contribution is -2.48. The molecular formula is C25H27FN4O3. The first-order valence-corrected chi connectivity index (χ1v) is 11.1. The van der Waals surface area contributed by atoms with Crippen molar-refractivity contribution in [2.75, 3.05) is 32.7 Å². The second-order valence-electron chi connectivity index (χ2n) is 8.09. The molecule has 0 aliphatic carbocycles. The van der Waals surface area contributed by atoms with E-state index in [1.54, 1.807) is 24.7 Å². The number of hydrogen-bond acceptors (Lipinski definition) is 5. The normalized spacial score (nSPS) is 14.3. The Morgan fingerprint density at radius 3 is 2.55 bits per heavy atom. The highest BCUT2D eigenvalue weighted by atomic mass is 19.1. The molecule has 1 aromatic carbocycles. The fourth-order valence-corrected chi connectivity index (χ4v) is 3.89. The molecule has 1 aliphatic heterocycles. The van der Waals surface area contributed by atoms with Crippen molar-refractivity contribution in [1.82, 2.24) is 20.1 Å². The van der Waals surface area contributed by atoms with Crippen LogP contribution in [0.1, 0.15) is 38.5 Å². The van der Waals surface area contributed by atoms with E-state index in [2.05, 4.69) is 15.2 Å². The molecule has 2 amide bonds. The molecule has 1 fully saturated rings. The summed E-state index contributed by atoms with van der Waals surface area (Å²) in [7, 11) is 0. The van der Waals surface area contributed by atoms with E-state index in [1.807, 2.05) is 17.0 Å². The first-order valence-electron chi connectivity index (χ1n) is 11.1. The highest BCUT2D eigenvalue weighted by Crippen LogP contribution is 2.12. The van der Waals surface area contributed by atoms with Gasteiger partial charge in [-0.25, -0.2) is 4.39 Å². The average molecular weight is 451 g/mol. The van der Waals surface area contributed by atoms with Crippen LogP contribution in [0.15, 0.2) is 65.5 Å². The summed E-state index contributed by atoms with van der Waals surface area (Å²) in [5, 5.41) is 2.83. The van der Waals surface area contributed by atoms with Gasteiger partial charge in [-0.1, -0.05) is 0 Å². The minimum atomic E-state index is -0.341. The number of nitrogens with one attached hydrogen (secondary N) is 1. The molecule has 0 unspecified atom stereocenters. The molecule has 172 valence electrons. The van der Waals surface area contributed by atoms with Crippen LogP contribution in [0.25, 0.3) is 0 Å². The summed E-state index contributed by atoms with van der Waals surface area (Å²) in [6, 6.07) is 11.2. The van der Waals surface area contributed by atoms with Crippen LogP contribution in [-0.2, 0) is 13.0 Å². The number of carbonyl (C=O) groups is 2. The van der Waals surface area contributed by atoms with Crippen molar-refractivity contribution < 1.29 is 18.4 Å². The number of benzene rings is 1. The Balaban J connectivity index is 1.19. The summed E-state index contributed by atoms with van der Waals surface area (Å²) < 4.78 is 18.3. The predicted molar refractivity (Wildman–Crippen MR) is 121 cm³/mol. The minimum Gasteiger partial charge on any atom is -0.467 e. The zero-order valence-corrected chi connectivity index (χ0v) is 18.4. The van der Waals surface area contributed by atoms with Crippen molar-refractivity contribution in [1.29, 1.82) is 0 Å². The van der Waals surface area contributed by atoms with Crippen LogP contribution in [0.4, 0.5) is 4.39 Å². The third-order valence-corrected chi connectivity index (χ3v) is 5.75. The maximum Gasteiger partial charge on any atom is 0.253 e. The number of nitrogens with zero attached hydrogens (tertiary/aromatic N) is 3. The van der Waals surface area contributed by atoms with Gasteiger partial charge in [-0.2, -0.15) is 0 Å². The predicted octanol–water partition coefficient (Wildman–Crippen LogP) is 3.13. The van der Waals surface area contributed by atoms with E-state index in [0.717, 1.165) is 38.0 Å². The van der Waals surface area contributed by atoms with Gasteiger partial charge in [0.15, 0.2) is 0 Å². The maximum absolute atomic E-state index is 13.1. The molecule has 3 heterocycles. The van der Waals surface area contributed by atoms with Gasteiger partial charge in [-0.3, -0.25) is 19.5 Å². The molecule has 7 nitrogen and oxygen atoms in total. The molecule has 33 heavy (non-hydrogen) atoms. The summed E-state index contributed by atoms with van der Waals surface area (Å²) in [5.41, 5.74) is 2.07. The van der Waals surface area contributed by atoms with Crippen molar-refractivity contribution >= 4 is 11.8 Å². The number of hydrogen-bond donors (Lipinski definition) is 1. The van der Waals surface area contributed by atoms with Crippen LogP contribution in [0.5, 0.6) is 0 Å². The summed E-state index contributed by atoms with van der Waals surface area (Å²) in [4.78, 5) is 33.3. The topological polar surface area (TPSA) is 78.7 Å². The van der Waals surface area contributed by atoms with E-state index >= 15 is 0 Å². The number of piperazine rings is 1. The molecule has 8 heteroatoms. The van der Waals surface area contributed by atoms with Gasteiger partial charge >= 0.3 is 0 Å². The number of carbonyl (C=O) groups excluding carboxylic acids is 2. The van der Waals surface area contributed by atoms with E-state index in [-0.39, 0.29) is 17.6 Å². The monoisotopic (exact) mass is 450 g/mol. The van der Waals surface area contributed by atoms with Gasteiger partial charge in [-0.15, -0.1) is 0 Å². The fraction of sp³-hybridized carbons (Fsp3) is 0.320. The van der Waals surface area contributed by atoms with Crippen molar-refractivity contribution in [2.45, 2.75) is 19.4 Å². The summed E-state index contributed by atoms with van der Waals surface area (Å²) in [6.45, 7) is 4.17. The summed E-state index contributed by atoms with van der Waals surface area (Å²) in [5.74, 6) is 0.129. The molecule has 0 radical (unpaired) electrons. The fourth-order valence-electron chi connectivity index (χ4n) is 3.89. The summed E-state index contributed by atoms with van der Waals surface area (Å²) in [6.07, 6.45) is 6.69. The third kappa shape index (κ3) is 6.26. The molecule has 0 atom stereocenters. The lowest BCUT2D eigenvalue weighted by atomic mass is 10.1. The average Bonchev–Trinajstić information content (AvgIpc) is 3.37. The Hall–Kier alpha value is -3.52. The van der Waals surface area contributed by atoms with Crippen molar-refractivity contribution in [2.24, 2.45) is 0 Å². The molecule has 2 aromatic heterocycles. The van der Waals surface area contributed by atoms with Crippen LogP contribution in [-0.4, -0.2) is 59.3 Å². The first-order chi connectivity index (χ1) is 16.1. The quantitative estimate of drug-likeness (QED) is 0.571. The Morgan fingerprint density at radius 1 is 1.03 bits per heavy atom. The van der Waals surface area contributed by atoms with Crippen LogP contribution < -0.4 is 5.32 Å². The molecule has 0 bridgehead atoms. The highest BCUT2D eigenvalue weighted by Gasteiger charge is 2.21. The zero-order valence-electron chi connectivity index (χ0n) is 18.4. The SMILES string of the molecule is O=C(NCc1ccco1)c1cncc(CCCN2CCN(C(=O)c3ccc(F)cc3)CC2)c1. The smallest absolute Gasteiger partial charge is 0.253 e. The Labute approximate surface area is 192 Å². The molecule has 3 aromatic rings. The van der Waals surface area contributed by atoms with E-state index in [4.69, 9.17) is 4.42 Å². The van der Waals surface area contributed by atoms with Gasteiger partial charge in [0.1, 0.15) is 11.6 Å². The van der Waals surface area contributed by atoms with Crippen molar-refractivity contribution in [3.63, 3.8) is 0 Å². The van der Waals surface area contributed by atoms with Gasteiger partial charge in [0.2, 0.25) is 0 Å². The molecule has 0 spiro atoms. The number of furan rings is 1. The Bertz CT molecular complexity index is 1060.